The molecule has 0 aliphatic heterocycles. The van der Waals surface area contributed by atoms with Crippen molar-refractivity contribution in [2.24, 2.45) is 0 Å². The summed E-state index contributed by atoms with van der Waals surface area (Å²) >= 11 is 0. The molecule has 0 aliphatic carbocycles. The Morgan fingerprint density at radius 3 is 0.553 bits per heavy atom. The quantitative estimate of drug-likeness (QED) is 0.177. The molecule has 0 amide bonds. The molecule has 284 valence electrons. The molecule has 33 heteroatoms. The van der Waals surface area contributed by atoms with Crippen LogP contribution in [0.15, 0.2) is 0 Å². The Morgan fingerprint density at radius 1 is 0.277 bits per heavy atom. The van der Waals surface area contributed by atoms with Gasteiger partial charge in [0, 0.05) is 0 Å². The molecule has 47 heavy (non-hydrogen) atoms. The van der Waals surface area contributed by atoms with E-state index in [2.05, 4.69) is 0 Å². The number of halogens is 30. The van der Waals surface area contributed by atoms with Gasteiger partial charge in [0.1, 0.15) is 0 Å². The average molecular weight is 802 g/mol. The largest absolute Gasteiger partial charge is 0.438 e. The lowest BCUT2D eigenvalue weighted by molar-refractivity contribution is -0.455. The van der Waals surface area contributed by atoms with Gasteiger partial charge >= 0.3 is 90.3 Å². The van der Waals surface area contributed by atoms with Crippen LogP contribution >= 0.6 is 7.37 Å². The molecule has 0 rings (SSSR count). The molecular weight excluding hydrogens is 801 g/mol. The first-order chi connectivity index (χ1) is 19.5. The lowest BCUT2D eigenvalue weighted by Gasteiger charge is -2.46. The Kier molecular flexibility index (Phi) is 10.1. The molecule has 0 aromatic carbocycles. The van der Waals surface area contributed by atoms with E-state index >= 15 is 0 Å². The topological polar surface area (TPSA) is 37.3 Å². The molecule has 0 heterocycles. The SMILES string of the molecule is O=P(O)(C(F)(F)C(F)(F)C(F)(F)C(F)(F)C(F)(C(F)(F)F)C(F)(F)F)C(F)(F)C(F)(F)C(F)(F)C(F)(F)C(F)(C(F)(F)F)C(F)(F)F. The minimum atomic E-state index is -11.1. The molecule has 0 radical (unpaired) electrons. The van der Waals surface area contributed by atoms with Crippen LogP contribution < -0.4 is 0 Å². The molecule has 0 atom stereocenters. The monoisotopic (exact) mass is 802 g/mol. The summed E-state index contributed by atoms with van der Waals surface area (Å²) in [5, 5.41) is 0. The van der Waals surface area contributed by atoms with Gasteiger partial charge < -0.3 is 4.89 Å². The lowest BCUT2D eigenvalue weighted by Crippen LogP contribution is -2.76. The van der Waals surface area contributed by atoms with E-state index in [4.69, 9.17) is 4.89 Å². The fourth-order valence-corrected chi connectivity index (χ4v) is 4.19. The highest BCUT2D eigenvalue weighted by Crippen LogP contribution is 2.79. The van der Waals surface area contributed by atoms with Gasteiger partial charge in [0.25, 0.3) is 0 Å². The third-order valence-electron chi connectivity index (χ3n) is 5.52. The average Bonchev–Trinajstić information content (AvgIpc) is 2.78. The van der Waals surface area contributed by atoms with E-state index < -0.39 is 90.3 Å². The van der Waals surface area contributed by atoms with Gasteiger partial charge in [0.2, 0.25) is 0 Å². The van der Waals surface area contributed by atoms with Crippen LogP contribution in [-0.2, 0) is 4.57 Å². The standard InChI is InChI=1S/C14HF30O2P/c15-1(9(29,30)31,10(32,33)34)3(17,18)5(21,22)7(25,26)13(41,42)47(45,46)14(43,44)8(27,28)6(23,24)4(19,20)2(16,11(35,36)37)12(38,39)40/h(H,45,46). The number of alkyl halides is 30. The predicted octanol–water partition coefficient (Wildman–Crippen LogP) is 9.92. The second kappa shape index (κ2) is 10.5. The van der Waals surface area contributed by atoms with Gasteiger partial charge in [-0.2, -0.15) is 123 Å². The van der Waals surface area contributed by atoms with Crippen LogP contribution in [-0.4, -0.2) is 87.8 Å². The van der Waals surface area contributed by atoms with E-state index in [1.807, 2.05) is 0 Å². The summed E-state index contributed by atoms with van der Waals surface area (Å²) in [7, 11) is -11.1. The molecule has 0 aromatic heterocycles. The molecular formula is C14HF30O2P. The maximum Gasteiger partial charge on any atom is 0.438 e. The fraction of sp³-hybridized carbons (Fsp3) is 1.00. The summed E-state index contributed by atoms with van der Waals surface area (Å²) in [6.07, 6.45) is -35.1. The van der Waals surface area contributed by atoms with Gasteiger partial charge in [-0.25, -0.2) is 8.78 Å². The first-order valence-corrected chi connectivity index (χ1v) is 11.2. The van der Waals surface area contributed by atoms with E-state index in [1.54, 1.807) is 0 Å². The summed E-state index contributed by atoms with van der Waals surface area (Å²) < 4.78 is 406. The molecule has 0 aliphatic rings. The van der Waals surface area contributed by atoms with Crippen molar-refractivity contribution in [2.75, 3.05) is 0 Å². The molecule has 1 N–H and O–H groups in total. The van der Waals surface area contributed by atoms with Gasteiger partial charge in [0.05, 0.1) is 0 Å². The van der Waals surface area contributed by atoms with Crippen molar-refractivity contribution < 1.29 is 141 Å². The summed E-state index contributed by atoms with van der Waals surface area (Å²) in [5.41, 5.74) is -38.1. The molecule has 0 bridgehead atoms. The van der Waals surface area contributed by atoms with Crippen LogP contribution in [0.5, 0.6) is 0 Å². The van der Waals surface area contributed by atoms with E-state index in [0.29, 0.717) is 0 Å². The van der Waals surface area contributed by atoms with Crippen LogP contribution in [0.1, 0.15) is 0 Å². The van der Waals surface area contributed by atoms with Crippen molar-refractivity contribution in [1.29, 1.82) is 0 Å². The Bertz CT molecular complexity index is 1090. The van der Waals surface area contributed by atoms with Crippen molar-refractivity contribution >= 4 is 7.37 Å². The van der Waals surface area contributed by atoms with Crippen LogP contribution in [0.4, 0.5) is 132 Å². The van der Waals surface area contributed by atoms with Crippen molar-refractivity contribution in [1.82, 2.24) is 0 Å². The number of hydrogen-bond donors (Lipinski definition) is 1. The van der Waals surface area contributed by atoms with Crippen molar-refractivity contribution in [2.45, 2.75) is 82.9 Å². The van der Waals surface area contributed by atoms with E-state index in [0.717, 1.165) is 0 Å². The van der Waals surface area contributed by atoms with E-state index in [1.165, 1.54) is 0 Å². The Hall–Kier alpha value is -1.91. The molecule has 0 saturated heterocycles. The maximum atomic E-state index is 13.9. The molecule has 2 nitrogen and oxygen atoms in total. The fourth-order valence-electron chi connectivity index (χ4n) is 2.80. The number of hydrogen-bond acceptors (Lipinski definition) is 1. The highest BCUT2D eigenvalue weighted by molar-refractivity contribution is 7.60. The van der Waals surface area contributed by atoms with Gasteiger partial charge in [-0.1, -0.05) is 0 Å². The Morgan fingerprint density at radius 2 is 0.426 bits per heavy atom. The van der Waals surface area contributed by atoms with Crippen LogP contribution in [0.3, 0.4) is 0 Å². The Balaban J connectivity index is 7.86. The summed E-state index contributed by atoms with van der Waals surface area (Å²) in [4.78, 5) is 8.41. The zero-order valence-electron chi connectivity index (χ0n) is 19.6. The van der Waals surface area contributed by atoms with E-state index in [-0.39, 0.29) is 0 Å². The summed E-state index contributed by atoms with van der Waals surface area (Å²) in [6, 6.07) is 0. The first kappa shape index (κ1) is 45.1. The molecule has 0 spiro atoms. The Labute approximate surface area is 233 Å². The van der Waals surface area contributed by atoms with Crippen LogP contribution in [0.25, 0.3) is 0 Å². The molecule has 0 saturated carbocycles. The number of rotatable bonds is 10. The van der Waals surface area contributed by atoms with Gasteiger partial charge in [-0.3, -0.25) is 4.57 Å². The van der Waals surface area contributed by atoms with E-state index in [9.17, 15) is 136 Å². The summed E-state index contributed by atoms with van der Waals surface area (Å²) in [5.74, 6) is -58.8. The zero-order chi connectivity index (χ0) is 39.5. The lowest BCUT2D eigenvalue weighted by atomic mass is 9.87. The van der Waals surface area contributed by atoms with Crippen LogP contribution in [0.2, 0.25) is 0 Å². The predicted molar refractivity (Wildman–Crippen MR) is 81.3 cm³/mol. The van der Waals surface area contributed by atoms with Crippen molar-refractivity contribution in [3.63, 3.8) is 0 Å². The molecule has 0 fully saturated rings. The van der Waals surface area contributed by atoms with Crippen molar-refractivity contribution in [3.8, 4) is 0 Å². The highest BCUT2D eigenvalue weighted by Gasteiger charge is 3.01. The molecule has 0 aromatic rings. The van der Waals surface area contributed by atoms with Crippen molar-refractivity contribution in [3.05, 3.63) is 0 Å². The summed E-state index contributed by atoms with van der Waals surface area (Å²) in [6.45, 7) is 0. The maximum absolute atomic E-state index is 13.9. The second-order valence-corrected chi connectivity index (χ2v) is 10.7. The first-order valence-electron chi connectivity index (χ1n) is 9.50. The zero-order valence-corrected chi connectivity index (χ0v) is 20.5. The van der Waals surface area contributed by atoms with Gasteiger partial charge in [0.15, 0.2) is 0 Å². The minimum absolute atomic E-state index is 8.41. The third-order valence-corrected chi connectivity index (χ3v) is 7.61. The normalized spacial score (nSPS) is 17.3. The highest BCUT2D eigenvalue weighted by atomic mass is 31.2. The minimum Gasteiger partial charge on any atom is -0.336 e. The molecule has 0 unspecified atom stereocenters. The van der Waals surface area contributed by atoms with Crippen LogP contribution in [0, 0.1) is 0 Å². The second-order valence-electron chi connectivity index (χ2n) is 8.41. The van der Waals surface area contributed by atoms with Gasteiger partial charge in [-0.05, 0) is 0 Å². The smallest absolute Gasteiger partial charge is 0.336 e. The van der Waals surface area contributed by atoms with Gasteiger partial charge in [-0.15, -0.1) is 0 Å². The third kappa shape index (κ3) is 5.07.